The van der Waals surface area contributed by atoms with Crippen LogP contribution in [-0.2, 0) is 6.18 Å². The molecule has 2 rings (SSSR count). The van der Waals surface area contributed by atoms with Crippen molar-refractivity contribution in [1.82, 2.24) is 15.0 Å². The fraction of sp³-hybridized carbons (Fsp3) is 0.182. The Bertz CT molecular complexity index is 666. The molecule has 0 radical (unpaired) electrons. The highest BCUT2D eigenvalue weighted by molar-refractivity contribution is 6.30. The first-order valence-corrected chi connectivity index (χ1v) is 6.14. The summed E-state index contributed by atoms with van der Waals surface area (Å²) in [5.41, 5.74) is -1.22. The number of nitrogens with zero attached hydrogens (tertiary/aromatic N) is 3. The number of rotatable bonds is 3. The summed E-state index contributed by atoms with van der Waals surface area (Å²) < 4.78 is 43.6. The SMILES string of the molecule is COc1nc(Cl)nc(Nc2ccc(Cl)cc2C(F)(F)F)n1. The van der Waals surface area contributed by atoms with E-state index in [-0.39, 0.29) is 28.0 Å². The van der Waals surface area contributed by atoms with Gasteiger partial charge in [0, 0.05) is 5.02 Å². The number of alkyl halides is 3. The van der Waals surface area contributed by atoms with Crippen LogP contribution in [0, 0.1) is 0 Å². The molecule has 1 aromatic carbocycles. The molecular weight excluding hydrogens is 332 g/mol. The minimum atomic E-state index is -4.59. The van der Waals surface area contributed by atoms with Gasteiger partial charge in [0.2, 0.25) is 11.2 Å². The fourth-order valence-electron chi connectivity index (χ4n) is 1.46. The van der Waals surface area contributed by atoms with Crippen LogP contribution >= 0.6 is 23.2 Å². The van der Waals surface area contributed by atoms with E-state index in [1.807, 2.05) is 0 Å². The van der Waals surface area contributed by atoms with Crippen molar-refractivity contribution >= 4 is 34.8 Å². The lowest BCUT2D eigenvalue weighted by molar-refractivity contribution is -0.136. The van der Waals surface area contributed by atoms with E-state index in [0.29, 0.717) is 0 Å². The van der Waals surface area contributed by atoms with Crippen LogP contribution in [0.5, 0.6) is 6.01 Å². The molecule has 0 fully saturated rings. The standard InChI is InChI=1S/C11H7Cl2F3N4O/c1-21-10-19-8(13)18-9(20-10)17-7-3-2-5(12)4-6(7)11(14,15)16/h2-4H,1H3,(H,17,18,19,20). The zero-order valence-electron chi connectivity index (χ0n) is 10.4. The summed E-state index contributed by atoms with van der Waals surface area (Å²) in [5, 5.41) is 2.16. The molecule has 0 amide bonds. The Kier molecular flexibility index (Phi) is 4.38. The monoisotopic (exact) mass is 338 g/mol. The van der Waals surface area contributed by atoms with Crippen molar-refractivity contribution in [2.75, 3.05) is 12.4 Å². The highest BCUT2D eigenvalue weighted by atomic mass is 35.5. The molecule has 1 N–H and O–H groups in total. The first-order valence-electron chi connectivity index (χ1n) is 5.39. The molecule has 1 heterocycles. The molecule has 10 heteroatoms. The van der Waals surface area contributed by atoms with Crippen LogP contribution < -0.4 is 10.1 Å². The largest absolute Gasteiger partial charge is 0.467 e. The maximum Gasteiger partial charge on any atom is 0.418 e. The van der Waals surface area contributed by atoms with E-state index < -0.39 is 11.7 Å². The lowest BCUT2D eigenvalue weighted by Crippen LogP contribution is -2.10. The van der Waals surface area contributed by atoms with Crippen molar-refractivity contribution in [3.63, 3.8) is 0 Å². The average Bonchev–Trinajstić information content (AvgIpc) is 2.39. The molecule has 0 bridgehead atoms. The van der Waals surface area contributed by atoms with Gasteiger partial charge >= 0.3 is 12.2 Å². The van der Waals surface area contributed by atoms with Crippen molar-refractivity contribution in [2.45, 2.75) is 6.18 Å². The molecule has 2 aromatic rings. The van der Waals surface area contributed by atoms with E-state index >= 15 is 0 Å². The number of hydrogen-bond donors (Lipinski definition) is 1. The van der Waals surface area contributed by atoms with Crippen molar-refractivity contribution in [2.24, 2.45) is 0 Å². The fourth-order valence-corrected chi connectivity index (χ4v) is 1.78. The number of halogens is 5. The first-order chi connectivity index (χ1) is 9.79. The van der Waals surface area contributed by atoms with Crippen LogP contribution in [0.3, 0.4) is 0 Å². The zero-order chi connectivity index (χ0) is 15.6. The summed E-state index contributed by atoms with van der Waals surface area (Å²) in [5.74, 6) is -0.181. The molecule has 1 aromatic heterocycles. The molecule has 21 heavy (non-hydrogen) atoms. The van der Waals surface area contributed by atoms with Crippen molar-refractivity contribution in [1.29, 1.82) is 0 Å². The highest BCUT2D eigenvalue weighted by Crippen LogP contribution is 2.37. The van der Waals surface area contributed by atoms with Gasteiger partial charge < -0.3 is 10.1 Å². The smallest absolute Gasteiger partial charge is 0.418 e. The third-order valence-electron chi connectivity index (χ3n) is 2.30. The summed E-state index contributed by atoms with van der Waals surface area (Å²) in [6, 6.07) is 3.14. The van der Waals surface area contributed by atoms with Crippen LogP contribution in [0.2, 0.25) is 10.3 Å². The summed E-state index contributed by atoms with van der Waals surface area (Å²) in [6.07, 6.45) is -4.59. The molecule has 0 aliphatic heterocycles. The number of hydrogen-bond acceptors (Lipinski definition) is 5. The molecule has 0 unspecified atom stereocenters. The van der Waals surface area contributed by atoms with E-state index in [9.17, 15) is 13.2 Å². The second-order valence-corrected chi connectivity index (χ2v) is 4.50. The van der Waals surface area contributed by atoms with Gasteiger partial charge in [-0.2, -0.15) is 28.1 Å². The Morgan fingerprint density at radius 2 is 1.86 bits per heavy atom. The third kappa shape index (κ3) is 3.85. The first kappa shape index (κ1) is 15.6. The molecule has 0 aliphatic rings. The van der Waals surface area contributed by atoms with Crippen LogP contribution in [-0.4, -0.2) is 22.1 Å². The van der Waals surface area contributed by atoms with E-state index in [4.69, 9.17) is 27.9 Å². The maximum atomic E-state index is 13.0. The van der Waals surface area contributed by atoms with Crippen molar-refractivity contribution < 1.29 is 17.9 Å². The molecule has 0 atom stereocenters. The number of nitrogens with one attached hydrogen (secondary N) is 1. The van der Waals surface area contributed by atoms with Gasteiger partial charge in [-0.15, -0.1) is 0 Å². The normalized spacial score (nSPS) is 11.3. The zero-order valence-corrected chi connectivity index (χ0v) is 11.9. The Morgan fingerprint density at radius 3 is 2.48 bits per heavy atom. The number of methoxy groups -OCH3 is 1. The Balaban J connectivity index is 2.42. The number of benzene rings is 1. The van der Waals surface area contributed by atoms with Crippen LogP contribution in [0.1, 0.15) is 5.56 Å². The Hall–Kier alpha value is -1.80. The van der Waals surface area contributed by atoms with E-state index in [2.05, 4.69) is 20.3 Å². The van der Waals surface area contributed by atoms with Crippen LogP contribution in [0.15, 0.2) is 18.2 Å². The molecular formula is C11H7Cl2F3N4O. The van der Waals surface area contributed by atoms with Gasteiger partial charge in [0.1, 0.15) is 0 Å². The minimum Gasteiger partial charge on any atom is -0.467 e. The molecule has 112 valence electrons. The molecule has 0 saturated heterocycles. The topological polar surface area (TPSA) is 59.9 Å². The van der Waals surface area contributed by atoms with Gasteiger partial charge in [0.05, 0.1) is 18.4 Å². The lowest BCUT2D eigenvalue weighted by atomic mass is 10.1. The average molecular weight is 339 g/mol. The summed E-state index contributed by atoms with van der Waals surface area (Å²) in [7, 11) is 1.29. The Labute approximate surface area is 127 Å². The predicted octanol–water partition coefficient (Wildman–Crippen LogP) is 3.95. The van der Waals surface area contributed by atoms with E-state index in [1.54, 1.807) is 0 Å². The van der Waals surface area contributed by atoms with E-state index in [0.717, 1.165) is 12.1 Å². The molecule has 0 spiro atoms. The Morgan fingerprint density at radius 1 is 1.14 bits per heavy atom. The lowest BCUT2D eigenvalue weighted by Gasteiger charge is -2.14. The van der Waals surface area contributed by atoms with E-state index in [1.165, 1.54) is 13.2 Å². The van der Waals surface area contributed by atoms with Crippen molar-refractivity contribution in [3.05, 3.63) is 34.1 Å². The summed E-state index contributed by atoms with van der Waals surface area (Å²) in [4.78, 5) is 11.0. The van der Waals surface area contributed by atoms with Gasteiger partial charge in [-0.3, -0.25) is 0 Å². The van der Waals surface area contributed by atoms with Crippen LogP contribution in [0.25, 0.3) is 0 Å². The third-order valence-corrected chi connectivity index (χ3v) is 2.71. The quantitative estimate of drug-likeness (QED) is 0.918. The minimum absolute atomic E-state index is 0.0425. The highest BCUT2D eigenvalue weighted by Gasteiger charge is 2.34. The second kappa shape index (κ2) is 5.90. The van der Waals surface area contributed by atoms with Crippen molar-refractivity contribution in [3.8, 4) is 6.01 Å². The van der Waals surface area contributed by atoms with Gasteiger partial charge in [-0.25, -0.2) is 0 Å². The molecule has 0 saturated carbocycles. The molecule has 0 aliphatic carbocycles. The number of ether oxygens (including phenoxy) is 1. The summed E-state index contributed by atoms with van der Waals surface area (Å²) in [6.45, 7) is 0. The predicted molar refractivity (Wildman–Crippen MR) is 71.1 cm³/mol. The number of aromatic nitrogens is 3. The maximum absolute atomic E-state index is 13.0. The molecule has 5 nitrogen and oxygen atoms in total. The van der Waals surface area contributed by atoms with Crippen LogP contribution in [0.4, 0.5) is 24.8 Å². The number of anilines is 2. The van der Waals surface area contributed by atoms with Gasteiger partial charge in [0.15, 0.2) is 0 Å². The summed E-state index contributed by atoms with van der Waals surface area (Å²) >= 11 is 11.2. The van der Waals surface area contributed by atoms with Gasteiger partial charge in [0.25, 0.3) is 0 Å². The van der Waals surface area contributed by atoms with Gasteiger partial charge in [-0.1, -0.05) is 11.6 Å². The second-order valence-electron chi connectivity index (χ2n) is 3.73. The van der Waals surface area contributed by atoms with Gasteiger partial charge in [-0.05, 0) is 29.8 Å².